The van der Waals surface area contributed by atoms with E-state index in [0.717, 1.165) is 0 Å². The van der Waals surface area contributed by atoms with Crippen molar-refractivity contribution >= 4 is 38.1 Å². The molecule has 0 N–H and O–H groups in total. The van der Waals surface area contributed by atoms with Crippen LogP contribution in [0.5, 0.6) is 0 Å². The van der Waals surface area contributed by atoms with Crippen LogP contribution < -0.4 is 0 Å². The van der Waals surface area contributed by atoms with Crippen LogP contribution in [-0.2, 0) is 0 Å². The average molecular weight is 393 g/mol. The normalized spacial score (nSPS) is 11.9. The maximum Gasteiger partial charge on any atom is 0.0620 e. The van der Waals surface area contributed by atoms with Gasteiger partial charge in [-0.3, -0.25) is 0 Å². The standard InChI is InChI=1S/C30H19N/c1-3-9-20(10-4-1)22-15-16-29-25(17-22)27-19-23(21-11-5-2-6-12-21)18-26-24-13-7-8-14-28(24)31(29)30(26)27/h1-19H. The SMILES string of the molecule is c1ccc(-c2ccc3c(c2)c2cc(-c4ccccc4)cc4c5ccccc5n3c42)cc1. The minimum absolute atomic E-state index is 1.25. The minimum Gasteiger partial charge on any atom is -0.308 e. The molecule has 0 aliphatic heterocycles. The summed E-state index contributed by atoms with van der Waals surface area (Å²) in [5.41, 5.74) is 8.89. The Bertz CT molecular complexity index is 1710. The smallest absolute Gasteiger partial charge is 0.0620 e. The maximum absolute atomic E-state index is 2.44. The lowest BCUT2D eigenvalue weighted by atomic mass is 9.98. The Kier molecular flexibility index (Phi) is 3.33. The van der Waals surface area contributed by atoms with Crippen molar-refractivity contribution in [1.29, 1.82) is 0 Å². The van der Waals surface area contributed by atoms with Gasteiger partial charge in [-0.2, -0.15) is 0 Å². The van der Waals surface area contributed by atoms with Crippen LogP contribution in [0.3, 0.4) is 0 Å². The minimum atomic E-state index is 1.25. The number of rotatable bonds is 2. The highest BCUT2D eigenvalue weighted by Crippen LogP contribution is 2.42. The molecule has 0 atom stereocenters. The first-order valence-corrected chi connectivity index (χ1v) is 10.7. The van der Waals surface area contributed by atoms with Crippen LogP contribution in [0.2, 0.25) is 0 Å². The largest absolute Gasteiger partial charge is 0.308 e. The second-order valence-electron chi connectivity index (χ2n) is 8.24. The van der Waals surface area contributed by atoms with E-state index >= 15 is 0 Å². The van der Waals surface area contributed by atoms with Crippen molar-refractivity contribution < 1.29 is 0 Å². The number of fused-ring (bicyclic) bond motifs is 6. The van der Waals surface area contributed by atoms with E-state index in [1.54, 1.807) is 0 Å². The Morgan fingerprint density at radius 1 is 0.355 bits per heavy atom. The van der Waals surface area contributed by atoms with Crippen molar-refractivity contribution in [2.24, 2.45) is 0 Å². The predicted octanol–water partition coefficient (Wildman–Crippen LogP) is 8.17. The van der Waals surface area contributed by atoms with E-state index in [9.17, 15) is 0 Å². The third-order valence-electron chi connectivity index (χ3n) is 6.51. The topological polar surface area (TPSA) is 4.41 Å². The van der Waals surface area contributed by atoms with E-state index in [1.807, 2.05) is 0 Å². The molecule has 0 spiro atoms. The molecular weight excluding hydrogens is 374 g/mol. The van der Waals surface area contributed by atoms with E-state index in [-0.39, 0.29) is 0 Å². The van der Waals surface area contributed by atoms with Crippen LogP contribution in [-0.4, -0.2) is 4.40 Å². The number of para-hydroxylation sites is 1. The van der Waals surface area contributed by atoms with Crippen molar-refractivity contribution in [1.82, 2.24) is 4.40 Å². The molecule has 0 unspecified atom stereocenters. The quantitative estimate of drug-likeness (QED) is 0.279. The first-order valence-electron chi connectivity index (χ1n) is 10.7. The molecule has 2 aromatic heterocycles. The lowest BCUT2D eigenvalue weighted by molar-refractivity contribution is 1.37. The molecule has 1 nitrogen and oxygen atoms in total. The lowest BCUT2D eigenvalue weighted by Crippen LogP contribution is -1.81. The molecule has 0 saturated carbocycles. The number of aromatic nitrogens is 1. The Labute approximate surface area is 180 Å². The molecule has 0 saturated heterocycles. The number of nitrogens with zero attached hydrogens (tertiary/aromatic N) is 1. The molecule has 7 rings (SSSR count). The van der Waals surface area contributed by atoms with Gasteiger partial charge in [-0.15, -0.1) is 0 Å². The molecule has 7 aromatic rings. The van der Waals surface area contributed by atoms with Crippen LogP contribution in [0.25, 0.3) is 60.3 Å². The van der Waals surface area contributed by atoms with Gasteiger partial charge < -0.3 is 4.40 Å². The van der Waals surface area contributed by atoms with Crippen molar-refractivity contribution in [2.45, 2.75) is 0 Å². The Morgan fingerprint density at radius 3 is 1.65 bits per heavy atom. The second-order valence-corrected chi connectivity index (χ2v) is 8.24. The number of hydrogen-bond donors (Lipinski definition) is 0. The van der Waals surface area contributed by atoms with Crippen LogP contribution in [0.1, 0.15) is 0 Å². The highest BCUT2D eigenvalue weighted by atomic mass is 14.9. The Balaban J connectivity index is 1.66. The third kappa shape index (κ3) is 2.32. The third-order valence-corrected chi connectivity index (χ3v) is 6.51. The zero-order valence-electron chi connectivity index (χ0n) is 16.9. The monoisotopic (exact) mass is 393 g/mol. The molecule has 5 aromatic carbocycles. The first-order chi connectivity index (χ1) is 15.4. The van der Waals surface area contributed by atoms with Crippen LogP contribution in [0.15, 0.2) is 115 Å². The second kappa shape index (κ2) is 6.20. The van der Waals surface area contributed by atoms with Crippen LogP contribution in [0, 0.1) is 0 Å². The Morgan fingerprint density at radius 2 is 0.903 bits per heavy atom. The summed E-state index contributed by atoms with van der Waals surface area (Å²) in [4.78, 5) is 0. The molecule has 0 radical (unpaired) electrons. The summed E-state index contributed by atoms with van der Waals surface area (Å²) in [7, 11) is 0. The van der Waals surface area contributed by atoms with Crippen molar-refractivity contribution in [3.63, 3.8) is 0 Å². The molecule has 0 aliphatic carbocycles. The van der Waals surface area contributed by atoms with Gasteiger partial charge in [0.25, 0.3) is 0 Å². The van der Waals surface area contributed by atoms with Crippen LogP contribution in [0.4, 0.5) is 0 Å². The van der Waals surface area contributed by atoms with E-state index < -0.39 is 0 Å². The first kappa shape index (κ1) is 16.7. The van der Waals surface area contributed by atoms with Gasteiger partial charge in [0.1, 0.15) is 0 Å². The molecule has 0 fully saturated rings. The van der Waals surface area contributed by atoms with E-state index in [4.69, 9.17) is 0 Å². The molecule has 31 heavy (non-hydrogen) atoms. The number of hydrogen-bond acceptors (Lipinski definition) is 0. The van der Waals surface area contributed by atoms with Gasteiger partial charge in [-0.1, -0.05) is 84.9 Å². The predicted molar refractivity (Wildman–Crippen MR) is 132 cm³/mol. The average Bonchev–Trinajstić information content (AvgIpc) is 3.36. The van der Waals surface area contributed by atoms with Gasteiger partial charge in [0.15, 0.2) is 0 Å². The van der Waals surface area contributed by atoms with Crippen molar-refractivity contribution in [3.05, 3.63) is 115 Å². The highest BCUT2D eigenvalue weighted by molar-refractivity contribution is 6.24. The Hall–Kier alpha value is -4.10. The summed E-state index contributed by atoms with van der Waals surface area (Å²) in [5.74, 6) is 0. The molecule has 1 heteroatoms. The van der Waals surface area contributed by atoms with Gasteiger partial charge >= 0.3 is 0 Å². The summed E-state index contributed by atoms with van der Waals surface area (Å²) in [6.07, 6.45) is 0. The van der Waals surface area contributed by atoms with Gasteiger partial charge in [-0.25, -0.2) is 0 Å². The molecule has 144 valence electrons. The summed E-state index contributed by atoms with van der Waals surface area (Å²) >= 11 is 0. The van der Waals surface area contributed by atoms with Crippen LogP contribution >= 0.6 is 0 Å². The fourth-order valence-corrected chi connectivity index (χ4v) is 5.11. The van der Waals surface area contributed by atoms with E-state index in [1.165, 1.54) is 60.3 Å². The fourth-order valence-electron chi connectivity index (χ4n) is 5.11. The van der Waals surface area contributed by atoms with E-state index in [0.29, 0.717) is 0 Å². The zero-order chi connectivity index (χ0) is 20.4. The summed E-state index contributed by atoms with van der Waals surface area (Å²) in [6.45, 7) is 0. The highest BCUT2D eigenvalue weighted by Gasteiger charge is 2.19. The van der Waals surface area contributed by atoms with Gasteiger partial charge in [0.2, 0.25) is 0 Å². The van der Waals surface area contributed by atoms with Gasteiger partial charge in [0, 0.05) is 21.5 Å². The molecule has 2 heterocycles. The lowest BCUT2D eigenvalue weighted by Gasteiger charge is -2.05. The molecule has 0 aliphatic rings. The molecule has 0 amide bonds. The zero-order valence-corrected chi connectivity index (χ0v) is 16.9. The van der Waals surface area contributed by atoms with E-state index in [2.05, 4.69) is 120 Å². The fraction of sp³-hybridized carbons (Fsp3) is 0. The summed E-state index contributed by atoms with van der Waals surface area (Å²) in [5, 5.41) is 5.27. The van der Waals surface area contributed by atoms with Crippen molar-refractivity contribution in [3.8, 4) is 22.3 Å². The van der Waals surface area contributed by atoms with Gasteiger partial charge in [0.05, 0.1) is 16.6 Å². The molecular formula is C30H19N. The van der Waals surface area contributed by atoms with Gasteiger partial charge in [-0.05, 0) is 52.6 Å². The maximum atomic E-state index is 2.44. The molecule has 0 bridgehead atoms. The summed E-state index contributed by atoms with van der Waals surface area (Å²) < 4.78 is 2.44. The summed E-state index contributed by atoms with van der Waals surface area (Å²) in [6, 6.07) is 41.7. The number of benzene rings is 5. The van der Waals surface area contributed by atoms with Crippen molar-refractivity contribution in [2.75, 3.05) is 0 Å².